The topological polar surface area (TPSA) is 84.3 Å². The number of carboxylic acids is 1. The maximum absolute atomic E-state index is 10.8. The van der Waals surface area contributed by atoms with Crippen LogP contribution in [0.3, 0.4) is 0 Å². The molecule has 6 heteroatoms. The summed E-state index contributed by atoms with van der Waals surface area (Å²) in [6.45, 7) is 7.69. The van der Waals surface area contributed by atoms with E-state index in [2.05, 4.69) is 29.1 Å². The highest BCUT2D eigenvalue weighted by Gasteiger charge is 2.08. The number of hydrogen-bond donors (Lipinski definition) is 2. The van der Waals surface area contributed by atoms with Gasteiger partial charge in [0.05, 0.1) is 6.61 Å². The Bertz CT molecular complexity index is 408. The molecule has 1 aromatic rings. The summed E-state index contributed by atoms with van der Waals surface area (Å²) in [7, 11) is 0. The average Bonchev–Trinajstić information content (AvgIpc) is 2.27. The lowest BCUT2D eigenvalue weighted by Gasteiger charge is -2.08. The van der Waals surface area contributed by atoms with Gasteiger partial charge in [0, 0.05) is 18.8 Å². The first-order chi connectivity index (χ1) is 8.49. The van der Waals surface area contributed by atoms with E-state index < -0.39 is 5.97 Å². The molecule has 0 fully saturated rings. The Kier molecular flexibility index (Phi) is 5.51. The zero-order valence-corrected chi connectivity index (χ0v) is 10.9. The summed E-state index contributed by atoms with van der Waals surface area (Å²) in [6, 6.07) is 1.43. The summed E-state index contributed by atoms with van der Waals surface area (Å²) in [5, 5.41) is 11.8. The van der Waals surface area contributed by atoms with E-state index in [1.807, 2.05) is 0 Å². The fourth-order valence-electron chi connectivity index (χ4n) is 1.31. The van der Waals surface area contributed by atoms with Gasteiger partial charge in [-0.3, -0.25) is 0 Å². The van der Waals surface area contributed by atoms with E-state index in [9.17, 15) is 4.79 Å². The molecule has 0 aliphatic heterocycles. The van der Waals surface area contributed by atoms with Gasteiger partial charge in [-0.2, -0.15) is 0 Å². The minimum atomic E-state index is -1.06. The molecule has 0 bridgehead atoms. The van der Waals surface area contributed by atoms with Crippen LogP contribution in [0.1, 0.15) is 30.0 Å². The molecule has 0 aromatic carbocycles. The molecule has 1 rings (SSSR count). The number of aromatic carboxylic acids is 1. The maximum Gasteiger partial charge on any atom is 0.354 e. The predicted octanol–water partition coefficient (Wildman–Crippen LogP) is 1.57. The minimum absolute atomic E-state index is 0.00639. The highest BCUT2D eigenvalue weighted by Crippen LogP contribution is 2.04. The second-order valence-corrected chi connectivity index (χ2v) is 4.42. The number of anilines is 1. The van der Waals surface area contributed by atoms with Crippen LogP contribution in [0.25, 0.3) is 0 Å². The highest BCUT2D eigenvalue weighted by atomic mass is 16.5. The lowest BCUT2D eigenvalue weighted by atomic mass is 10.2. The van der Waals surface area contributed by atoms with E-state index in [1.54, 1.807) is 6.92 Å². The lowest BCUT2D eigenvalue weighted by Crippen LogP contribution is -2.15. The molecule has 0 aliphatic carbocycles. The Morgan fingerprint density at radius 3 is 2.83 bits per heavy atom. The summed E-state index contributed by atoms with van der Waals surface area (Å²) in [5.41, 5.74) is 0.612. The third-order valence-corrected chi connectivity index (χ3v) is 2.05. The fourth-order valence-corrected chi connectivity index (χ4v) is 1.31. The van der Waals surface area contributed by atoms with Crippen molar-refractivity contribution < 1.29 is 14.6 Å². The summed E-state index contributed by atoms with van der Waals surface area (Å²) in [4.78, 5) is 18.8. The van der Waals surface area contributed by atoms with E-state index in [0.29, 0.717) is 37.3 Å². The molecule has 0 spiro atoms. The van der Waals surface area contributed by atoms with Gasteiger partial charge in [0.25, 0.3) is 0 Å². The minimum Gasteiger partial charge on any atom is -0.477 e. The first-order valence-electron chi connectivity index (χ1n) is 5.89. The van der Waals surface area contributed by atoms with Crippen LogP contribution in [-0.4, -0.2) is 40.8 Å². The number of aromatic nitrogens is 2. The highest BCUT2D eigenvalue weighted by molar-refractivity contribution is 5.85. The van der Waals surface area contributed by atoms with Gasteiger partial charge in [-0.25, -0.2) is 14.8 Å². The third kappa shape index (κ3) is 5.09. The molecule has 2 N–H and O–H groups in total. The Hall–Kier alpha value is -1.69. The number of rotatable bonds is 7. The summed E-state index contributed by atoms with van der Waals surface area (Å²) in [6.07, 6.45) is 0. The van der Waals surface area contributed by atoms with Crippen LogP contribution in [-0.2, 0) is 4.74 Å². The van der Waals surface area contributed by atoms with Crippen molar-refractivity contribution in [3.8, 4) is 0 Å². The standard InChI is InChI=1S/C12H19N3O3/c1-8(2)7-18-5-4-13-12-14-9(3)6-10(15-12)11(16)17/h6,8H,4-5,7H2,1-3H3,(H,16,17)(H,13,14,15). The predicted molar refractivity (Wildman–Crippen MR) is 67.9 cm³/mol. The largest absolute Gasteiger partial charge is 0.477 e. The normalized spacial score (nSPS) is 10.7. The van der Waals surface area contributed by atoms with E-state index in [0.717, 1.165) is 0 Å². The number of nitrogens with one attached hydrogen (secondary N) is 1. The molecule has 0 saturated carbocycles. The number of aryl methyl sites for hydroxylation is 1. The molecule has 1 heterocycles. The molecule has 6 nitrogen and oxygen atoms in total. The van der Waals surface area contributed by atoms with Crippen molar-refractivity contribution in [2.24, 2.45) is 5.92 Å². The Labute approximate surface area is 106 Å². The van der Waals surface area contributed by atoms with E-state index >= 15 is 0 Å². The van der Waals surface area contributed by atoms with Gasteiger partial charge in [-0.05, 0) is 18.9 Å². The maximum atomic E-state index is 10.8. The summed E-state index contributed by atoms with van der Waals surface area (Å²) < 4.78 is 5.39. The van der Waals surface area contributed by atoms with Crippen LogP contribution < -0.4 is 5.32 Å². The first-order valence-corrected chi connectivity index (χ1v) is 5.89. The van der Waals surface area contributed by atoms with E-state index in [1.165, 1.54) is 6.07 Å². The molecule has 100 valence electrons. The monoisotopic (exact) mass is 253 g/mol. The number of hydrogen-bond acceptors (Lipinski definition) is 5. The second kappa shape index (κ2) is 6.90. The molecule has 0 saturated heterocycles. The zero-order chi connectivity index (χ0) is 13.5. The van der Waals surface area contributed by atoms with Gasteiger partial charge < -0.3 is 15.2 Å². The molecule has 0 amide bonds. The lowest BCUT2D eigenvalue weighted by molar-refractivity contribution is 0.0690. The molecular weight excluding hydrogens is 234 g/mol. The van der Waals surface area contributed by atoms with Crippen LogP contribution in [0.5, 0.6) is 0 Å². The van der Waals surface area contributed by atoms with Gasteiger partial charge >= 0.3 is 5.97 Å². The molecule has 0 atom stereocenters. The van der Waals surface area contributed by atoms with Crippen LogP contribution in [0.2, 0.25) is 0 Å². The quantitative estimate of drug-likeness (QED) is 0.717. The van der Waals surface area contributed by atoms with Crippen LogP contribution in [0, 0.1) is 12.8 Å². The molecule has 1 aromatic heterocycles. The van der Waals surface area contributed by atoms with Gasteiger partial charge in [0.1, 0.15) is 0 Å². The number of nitrogens with zero attached hydrogens (tertiary/aromatic N) is 2. The van der Waals surface area contributed by atoms with Crippen molar-refractivity contribution in [2.75, 3.05) is 25.1 Å². The van der Waals surface area contributed by atoms with Gasteiger partial charge in [0.2, 0.25) is 5.95 Å². The molecule has 0 unspecified atom stereocenters. The summed E-state index contributed by atoms with van der Waals surface area (Å²) >= 11 is 0. The average molecular weight is 253 g/mol. The van der Waals surface area contributed by atoms with Crippen LogP contribution >= 0.6 is 0 Å². The third-order valence-electron chi connectivity index (χ3n) is 2.05. The number of carbonyl (C=O) groups is 1. The van der Waals surface area contributed by atoms with Crippen LogP contribution in [0.4, 0.5) is 5.95 Å². The van der Waals surface area contributed by atoms with E-state index in [-0.39, 0.29) is 5.69 Å². The molecule has 0 radical (unpaired) electrons. The SMILES string of the molecule is Cc1cc(C(=O)O)nc(NCCOCC(C)C)n1. The molecule has 18 heavy (non-hydrogen) atoms. The number of carboxylic acid groups (broad SMARTS) is 1. The Morgan fingerprint density at radius 1 is 1.50 bits per heavy atom. The fraction of sp³-hybridized carbons (Fsp3) is 0.583. The number of ether oxygens (including phenoxy) is 1. The molecule has 0 aliphatic rings. The smallest absolute Gasteiger partial charge is 0.354 e. The van der Waals surface area contributed by atoms with Crippen molar-refractivity contribution in [2.45, 2.75) is 20.8 Å². The van der Waals surface area contributed by atoms with Crippen molar-refractivity contribution in [1.82, 2.24) is 9.97 Å². The van der Waals surface area contributed by atoms with Crippen LogP contribution in [0.15, 0.2) is 6.07 Å². The van der Waals surface area contributed by atoms with Gasteiger partial charge in [0.15, 0.2) is 5.69 Å². The first kappa shape index (κ1) is 14.4. The van der Waals surface area contributed by atoms with Crippen molar-refractivity contribution in [3.05, 3.63) is 17.5 Å². The second-order valence-electron chi connectivity index (χ2n) is 4.42. The van der Waals surface area contributed by atoms with Gasteiger partial charge in [-0.15, -0.1) is 0 Å². The Balaban J connectivity index is 2.44. The van der Waals surface area contributed by atoms with E-state index in [4.69, 9.17) is 9.84 Å². The zero-order valence-electron chi connectivity index (χ0n) is 10.9. The van der Waals surface area contributed by atoms with Crippen molar-refractivity contribution >= 4 is 11.9 Å². The summed E-state index contributed by atoms with van der Waals surface area (Å²) in [5.74, 6) is -0.237. The van der Waals surface area contributed by atoms with Crippen molar-refractivity contribution in [3.63, 3.8) is 0 Å². The molecular formula is C12H19N3O3. The Morgan fingerprint density at radius 2 is 2.22 bits per heavy atom. The van der Waals surface area contributed by atoms with Gasteiger partial charge in [-0.1, -0.05) is 13.8 Å². The van der Waals surface area contributed by atoms with Crippen molar-refractivity contribution in [1.29, 1.82) is 0 Å².